The third-order valence-electron chi connectivity index (χ3n) is 6.90. The van der Waals surface area contributed by atoms with E-state index in [0.717, 1.165) is 19.9 Å². The van der Waals surface area contributed by atoms with Crippen LogP contribution in [0.5, 0.6) is 5.88 Å². The highest BCUT2D eigenvalue weighted by atomic mass is 19.4. The van der Waals surface area contributed by atoms with Gasteiger partial charge in [0.25, 0.3) is 0 Å². The van der Waals surface area contributed by atoms with Crippen LogP contribution in [0.3, 0.4) is 0 Å². The Morgan fingerprint density at radius 3 is 2.56 bits per heavy atom. The molecule has 2 unspecified atom stereocenters. The summed E-state index contributed by atoms with van der Waals surface area (Å²) in [6.07, 6.45) is -1.02. The molecule has 0 radical (unpaired) electrons. The molecule has 4 rings (SSSR count). The number of nitrogens with two attached hydrogens (primary N) is 1. The number of nitrogen functional groups attached to an aromatic ring is 1. The van der Waals surface area contributed by atoms with Gasteiger partial charge in [0.1, 0.15) is 11.5 Å². The lowest BCUT2D eigenvalue weighted by Crippen LogP contribution is -2.56. The van der Waals surface area contributed by atoms with E-state index in [4.69, 9.17) is 10.5 Å². The van der Waals surface area contributed by atoms with Gasteiger partial charge >= 0.3 is 6.18 Å². The summed E-state index contributed by atoms with van der Waals surface area (Å²) in [5.41, 5.74) is 1.50. The number of hydrogen-bond donors (Lipinski definition) is 4. The summed E-state index contributed by atoms with van der Waals surface area (Å²) in [4.78, 5) is 8.12. The Labute approximate surface area is 222 Å². The van der Waals surface area contributed by atoms with Crippen LogP contribution in [-0.2, 0) is 19.3 Å². The summed E-state index contributed by atoms with van der Waals surface area (Å²) in [6, 6.07) is 4.10. The molecule has 0 saturated carbocycles. The molecule has 0 bridgehead atoms. The van der Waals surface area contributed by atoms with Gasteiger partial charge in [-0.05, 0) is 57.0 Å². The number of aliphatic hydroxyl groups is 1. The van der Waals surface area contributed by atoms with Crippen LogP contribution in [0.25, 0.3) is 11.3 Å². The molecule has 39 heavy (non-hydrogen) atoms. The topological polar surface area (TPSA) is 105 Å². The molecule has 3 aromatic rings. The fourth-order valence-corrected chi connectivity index (χ4v) is 4.84. The summed E-state index contributed by atoms with van der Waals surface area (Å²) >= 11 is 0. The fraction of sp³-hybridized carbons (Fsp3) is 0.407. The van der Waals surface area contributed by atoms with Crippen molar-refractivity contribution in [3.63, 3.8) is 0 Å². The third-order valence-corrected chi connectivity index (χ3v) is 6.90. The van der Waals surface area contributed by atoms with Crippen LogP contribution in [0.1, 0.15) is 48.9 Å². The Balaban J connectivity index is 1.89. The predicted octanol–water partition coefficient (Wildman–Crippen LogP) is 5.35. The van der Waals surface area contributed by atoms with E-state index < -0.39 is 58.6 Å². The number of benzene rings is 1. The Kier molecular flexibility index (Phi) is 7.99. The molecule has 1 fully saturated rings. The molecule has 12 heteroatoms. The minimum absolute atomic E-state index is 0.0366. The Bertz CT molecular complexity index is 1350. The second-order valence-electron chi connectivity index (χ2n) is 10.0. The number of nitrogens with one attached hydrogen (secondary N) is 2. The molecule has 0 amide bonds. The molecule has 210 valence electrons. The number of anilines is 2. The fourth-order valence-electron chi connectivity index (χ4n) is 4.84. The van der Waals surface area contributed by atoms with E-state index in [-0.39, 0.29) is 29.2 Å². The van der Waals surface area contributed by atoms with E-state index >= 15 is 4.39 Å². The standard InChI is InChI=1S/C27H30F5N5O2/c1-14(10-26(3)6-8-36-26)39-25-18(13-38)23(35-12-16-5-4-7-34-11-16)22(29)24(37-25)17-9-19(33)21(28)15(2)20(17)27(30,31)32/h4-5,7,9,11,14,36,38H,6,8,10,12-13,33H2,1-3H3,(H,35,37). The zero-order chi connectivity index (χ0) is 28.5. The average molecular weight is 552 g/mol. The lowest BCUT2D eigenvalue weighted by Gasteiger charge is -2.41. The van der Waals surface area contributed by atoms with Crippen LogP contribution >= 0.6 is 0 Å². The molecule has 0 aliphatic carbocycles. The molecule has 5 N–H and O–H groups in total. The minimum atomic E-state index is -5.04. The first kappa shape index (κ1) is 28.5. The van der Waals surface area contributed by atoms with Crippen LogP contribution in [0.15, 0.2) is 30.6 Å². The number of aliphatic hydroxyl groups excluding tert-OH is 1. The maximum absolute atomic E-state index is 16.1. The largest absolute Gasteiger partial charge is 0.474 e. The first-order chi connectivity index (χ1) is 18.3. The minimum Gasteiger partial charge on any atom is -0.474 e. The van der Waals surface area contributed by atoms with Gasteiger partial charge < -0.3 is 26.2 Å². The summed E-state index contributed by atoms with van der Waals surface area (Å²) in [6.45, 7) is 4.85. The predicted molar refractivity (Wildman–Crippen MR) is 137 cm³/mol. The molecular weight excluding hydrogens is 521 g/mol. The van der Waals surface area contributed by atoms with E-state index in [1.165, 1.54) is 6.20 Å². The highest BCUT2D eigenvalue weighted by molar-refractivity contribution is 5.76. The highest BCUT2D eigenvalue weighted by Gasteiger charge is 2.39. The van der Waals surface area contributed by atoms with Gasteiger partial charge in [-0.15, -0.1) is 0 Å². The second kappa shape index (κ2) is 10.9. The van der Waals surface area contributed by atoms with Crippen molar-refractivity contribution in [1.82, 2.24) is 15.3 Å². The number of rotatable bonds is 9. The van der Waals surface area contributed by atoms with Crippen LogP contribution in [0.4, 0.5) is 33.3 Å². The van der Waals surface area contributed by atoms with Gasteiger partial charge in [0.05, 0.1) is 35.2 Å². The van der Waals surface area contributed by atoms with Crippen molar-refractivity contribution in [3.05, 3.63) is 64.5 Å². The van der Waals surface area contributed by atoms with Gasteiger partial charge in [0.15, 0.2) is 5.82 Å². The molecule has 1 aromatic carbocycles. The molecular formula is C27H30F5N5O2. The molecule has 1 saturated heterocycles. The zero-order valence-electron chi connectivity index (χ0n) is 21.7. The zero-order valence-corrected chi connectivity index (χ0v) is 21.7. The molecule has 2 atom stereocenters. The van der Waals surface area contributed by atoms with Gasteiger partial charge in [-0.2, -0.15) is 13.2 Å². The normalized spacial score (nSPS) is 18.0. The quantitative estimate of drug-likeness (QED) is 0.210. The number of ether oxygens (including phenoxy) is 1. The molecule has 3 heterocycles. The first-order valence-corrected chi connectivity index (χ1v) is 12.4. The summed E-state index contributed by atoms with van der Waals surface area (Å²) < 4.78 is 78.9. The van der Waals surface area contributed by atoms with Crippen LogP contribution in [0.2, 0.25) is 0 Å². The third kappa shape index (κ3) is 5.91. The second-order valence-corrected chi connectivity index (χ2v) is 10.0. The number of hydrogen-bond acceptors (Lipinski definition) is 7. The number of aromatic nitrogens is 2. The van der Waals surface area contributed by atoms with Gasteiger partial charge in [-0.25, -0.2) is 13.8 Å². The van der Waals surface area contributed by atoms with Crippen molar-refractivity contribution in [2.75, 3.05) is 17.6 Å². The first-order valence-electron chi connectivity index (χ1n) is 12.4. The van der Waals surface area contributed by atoms with Gasteiger partial charge in [0, 0.05) is 36.5 Å². The van der Waals surface area contributed by atoms with Gasteiger partial charge in [-0.1, -0.05) is 6.07 Å². The SMILES string of the molecule is Cc1c(F)c(N)cc(-c2nc(OC(C)CC3(C)CCN3)c(CO)c(NCc3cccnc3)c2F)c1C(F)(F)F. The van der Waals surface area contributed by atoms with E-state index in [2.05, 4.69) is 20.6 Å². The van der Waals surface area contributed by atoms with Crippen molar-refractivity contribution in [3.8, 4) is 17.1 Å². The van der Waals surface area contributed by atoms with Crippen LogP contribution in [0, 0.1) is 18.6 Å². The Morgan fingerprint density at radius 2 is 2.00 bits per heavy atom. The van der Waals surface area contributed by atoms with Crippen molar-refractivity contribution < 1.29 is 31.8 Å². The van der Waals surface area contributed by atoms with Gasteiger partial charge in [-0.3, -0.25) is 4.98 Å². The van der Waals surface area contributed by atoms with E-state index in [9.17, 15) is 22.7 Å². The van der Waals surface area contributed by atoms with Crippen molar-refractivity contribution in [1.29, 1.82) is 0 Å². The lowest BCUT2D eigenvalue weighted by atomic mass is 9.85. The van der Waals surface area contributed by atoms with Crippen LogP contribution in [-0.4, -0.2) is 33.3 Å². The molecule has 7 nitrogen and oxygen atoms in total. The van der Waals surface area contributed by atoms with Crippen molar-refractivity contribution in [2.24, 2.45) is 0 Å². The van der Waals surface area contributed by atoms with E-state index in [0.29, 0.717) is 18.1 Å². The molecule has 0 spiro atoms. The van der Waals surface area contributed by atoms with E-state index in [1.807, 2.05) is 6.92 Å². The van der Waals surface area contributed by atoms with Crippen LogP contribution < -0.4 is 21.1 Å². The summed E-state index contributed by atoms with van der Waals surface area (Å²) in [5.74, 6) is -2.67. The monoisotopic (exact) mass is 551 g/mol. The maximum atomic E-state index is 16.1. The average Bonchev–Trinajstić information content (AvgIpc) is 2.85. The lowest BCUT2D eigenvalue weighted by molar-refractivity contribution is -0.137. The number of pyridine rings is 2. The highest BCUT2D eigenvalue weighted by Crippen LogP contribution is 2.44. The van der Waals surface area contributed by atoms with Crippen molar-refractivity contribution in [2.45, 2.75) is 64.6 Å². The maximum Gasteiger partial charge on any atom is 0.417 e. The molecule has 1 aliphatic rings. The molecule has 1 aliphatic heterocycles. The molecule has 2 aromatic heterocycles. The smallest absolute Gasteiger partial charge is 0.417 e. The number of halogens is 5. The number of nitrogens with zero attached hydrogens (tertiary/aromatic N) is 2. The Morgan fingerprint density at radius 1 is 1.28 bits per heavy atom. The van der Waals surface area contributed by atoms with Gasteiger partial charge in [0.2, 0.25) is 5.88 Å². The Hall–Kier alpha value is -3.51. The van der Waals surface area contributed by atoms with Crippen molar-refractivity contribution >= 4 is 11.4 Å². The summed E-state index contributed by atoms with van der Waals surface area (Å²) in [7, 11) is 0. The summed E-state index contributed by atoms with van der Waals surface area (Å²) in [5, 5.41) is 16.3. The van der Waals surface area contributed by atoms with E-state index in [1.54, 1.807) is 25.3 Å². The number of alkyl halides is 3.